The molecule has 2 aromatic heterocycles. The zero-order chi connectivity index (χ0) is 21.3. The number of aryl methyl sites for hydroxylation is 3. The van der Waals surface area contributed by atoms with Gasteiger partial charge < -0.3 is 4.52 Å². The third-order valence-corrected chi connectivity index (χ3v) is 8.18. The Balaban J connectivity index is 1.23. The SMILES string of the molecule is O=S(=O)(c1ccc2c(c1)CCC2)N1CCC[C@H](CCc2noc(-c3ccccn3)n2)C1. The highest BCUT2D eigenvalue weighted by Crippen LogP contribution is 2.29. The molecule has 8 heteroatoms. The molecule has 31 heavy (non-hydrogen) atoms. The van der Waals surface area contributed by atoms with Crippen molar-refractivity contribution in [1.29, 1.82) is 0 Å². The topological polar surface area (TPSA) is 89.2 Å². The lowest BCUT2D eigenvalue weighted by Crippen LogP contribution is -2.40. The van der Waals surface area contributed by atoms with E-state index in [-0.39, 0.29) is 5.92 Å². The van der Waals surface area contributed by atoms with Crippen molar-refractivity contribution in [3.8, 4) is 11.6 Å². The summed E-state index contributed by atoms with van der Waals surface area (Å²) in [7, 11) is -3.46. The summed E-state index contributed by atoms with van der Waals surface area (Å²) in [5.74, 6) is 1.34. The van der Waals surface area contributed by atoms with E-state index in [1.54, 1.807) is 16.6 Å². The van der Waals surface area contributed by atoms with Gasteiger partial charge in [0.2, 0.25) is 10.0 Å². The van der Waals surface area contributed by atoms with Crippen molar-refractivity contribution >= 4 is 10.0 Å². The first-order valence-corrected chi connectivity index (χ1v) is 12.4. The first kappa shape index (κ1) is 20.3. The van der Waals surface area contributed by atoms with Crippen LogP contribution in [0.25, 0.3) is 11.6 Å². The van der Waals surface area contributed by atoms with Gasteiger partial charge in [0.15, 0.2) is 5.82 Å². The van der Waals surface area contributed by atoms with Crippen LogP contribution in [-0.4, -0.2) is 40.9 Å². The number of benzene rings is 1. The second-order valence-corrected chi connectivity index (χ2v) is 10.4. The number of sulfonamides is 1. The van der Waals surface area contributed by atoms with Crippen LogP contribution in [0.5, 0.6) is 0 Å². The summed E-state index contributed by atoms with van der Waals surface area (Å²) >= 11 is 0. The van der Waals surface area contributed by atoms with Gasteiger partial charge in [-0.1, -0.05) is 17.3 Å². The van der Waals surface area contributed by atoms with Crippen molar-refractivity contribution in [2.45, 2.75) is 49.8 Å². The van der Waals surface area contributed by atoms with Crippen LogP contribution in [0.1, 0.15) is 42.6 Å². The first-order chi connectivity index (χ1) is 15.1. The van der Waals surface area contributed by atoms with E-state index < -0.39 is 10.0 Å². The number of pyridine rings is 1. The van der Waals surface area contributed by atoms with Crippen LogP contribution in [0.2, 0.25) is 0 Å². The van der Waals surface area contributed by atoms with Crippen molar-refractivity contribution in [1.82, 2.24) is 19.4 Å². The van der Waals surface area contributed by atoms with Crippen LogP contribution < -0.4 is 0 Å². The van der Waals surface area contributed by atoms with E-state index >= 15 is 0 Å². The Morgan fingerprint density at radius 3 is 2.87 bits per heavy atom. The van der Waals surface area contributed by atoms with E-state index in [0.717, 1.165) is 38.5 Å². The fourth-order valence-electron chi connectivity index (χ4n) is 4.62. The van der Waals surface area contributed by atoms with Gasteiger partial charge in [-0.25, -0.2) is 8.42 Å². The molecule has 0 saturated carbocycles. The number of rotatable bonds is 6. The molecule has 7 nitrogen and oxygen atoms in total. The molecule has 1 aliphatic carbocycles. The summed E-state index contributed by atoms with van der Waals surface area (Å²) < 4.78 is 33.5. The number of piperidine rings is 1. The number of hydrogen-bond donors (Lipinski definition) is 0. The van der Waals surface area contributed by atoms with Crippen LogP contribution in [0.3, 0.4) is 0 Å². The standard InChI is InChI=1S/C23H26N4O3S/c28-31(29,20-11-10-18-6-3-7-19(18)15-20)27-14-4-5-17(16-27)9-12-22-25-23(30-26-22)21-8-1-2-13-24-21/h1-2,8,10-11,13,15,17H,3-7,9,12,14,16H2/t17-/m1/s1. The molecular formula is C23H26N4O3S. The van der Waals surface area contributed by atoms with E-state index in [1.807, 2.05) is 30.3 Å². The molecule has 1 aliphatic heterocycles. The van der Waals surface area contributed by atoms with Crippen LogP contribution in [0, 0.1) is 5.92 Å². The fourth-order valence-corrected chi connectivity index (χ4v) is 6.23. The molecule has 0 radical (unpaired) electrons. The lowest BCUT2D eigenvalue weighted by Gasteiger charge is -2.32. The summed E-state index contributed by atoms with van der Waals surface area (Å²) in [6.07, 6.45) is 8.22. The van der Waals surface area contributed by atoms with Gasteiger partial charge in [0.05, 0.1) is 4.90 Å². The molecule has 3 aromatic rings. The Morgan fingerprint density at radius 1 is 1.10 bits per heavy atom. The maximum atomic E-state index is 13.2. The zero-order valence-corrected chi connectivity index (χ0v) is 18.2. The van der Waals surface area contributed by atoms with Gasteiger partial charge in [-0.3, -0.25) is 4.98 Å². The predicted molar refractivity (Wildman–Crippen MR) is 116 cm³/mol. The van der Waals surface area contributed by atoms with Crippen molar-refractivity contribution in [3.63, 3.8) is 0 Å². The molecule has 162 valence electrons. The van der Waals surface area contributed by atoms with Gasteiger partial charge in [0.1, 0.15) is 5.69 Å². The van der Waals surface area contributed by atoms with Gasteiger partial charge >= 0.3 is 0 Å². The van der Waals surface area contributed by atoms with E-state index in [1.165, 1.54) is 11.1 Å². The molecule has 0 N–H and O–H groups in total. The molecule has 0 amide bonds. The maximum absolute atomic E-state index is 13.2. The summed E-state index contributed by atoms with van der Waals surface area (Å²) in [5.41, 5.74) is 3.14. The van der Waals surface area contributed by atoms with Crippen molar-refractivity contribution in [2.75, 3.05) is 13.1 Å². The summed E-state index contributed by atoms with van der Waals surface area (Å²) in [4.78, 5) is 9.11. The van der Waals surface area contributed by atoms with Crippen LogP contribution in [0.15, 0.2) is 52.0 Å². The summed E-state index contributed by atoms with van der Waals surface area (Å²) in [6, 6.07) is 11.2. The summed E-state index contributed by atoms with van der Waals surface area (Å²) in [5, 5.41) is 4.07. The van der Waals surface area contributed by atoms with Crippen LogP contribution >= 0.6 is 0 Å². The second-order valence-electron chi connectivity index (χ2n) is 8.42. The number of nitrogens with zero attached hydrogens (tertiary/aromatic N) is 4. The van der Waals surface area contributed by atoms with Crippen molar-refractivity contribution in [3.05, 3.63) is 59.5 Å². The molecule has 0 spiro atoms. The molecule has 3 heterocycles. The van der Waals surface area contributed by atoms with Crippen molar-refractivity contribution < 1.29 is 12.9 Å². The molecule has 1 atom stereocenters. The zero-order valence-electron chi connectivity index (χ0n) is 17.4. The molecule has 0 bridgehead atoms. The minimum atomic E-state index is -3.46. The van der Waals surface area contributed by atoms with Gasteiger partial charge in [-0.05, 0) is 79.8 Å². The highest BCUT2D eigenvalue weighted by molar-refractivity contribution is 7.89. The molecule has 1 fully saturated rings. The maximum Gasteiger partial charge on any atom is 0.276 e. The second kappa shape index (κ2) is 8.51. The van der Waals surface area contributed by atoms with E-state index in [0.29, 0.717) is 41.8 Å². The van der Waals surface area contributed by atoms with Gasteiger partial charge in [-0.15, -0.1) is 0 Å². The predicted octanol–water partition coefficient (Wildman–Crippen LogP) is 3.65. The van der Waals surface area contributed by atoms with Gasteiger partial charge in [0.25, 0.3) is 5.89 Å². The number of hydrogen-bond acceptors (Lipinski definition) is 6. The lowest BCUT2D eigenvalue weighted by atomic mass is 9.94. The fraction of sp³-hybridized carbons (Fsp3) is 0.435. The average molecular weight is 439 g/mol. The van der Waals surface area contributed by atoms with E-state index in [4.69, 9.17) is 4.52 Å². The minimum Gasteiger partial charge on any atom is -0.332 e. The smallest absolute Gasteiger partial charge is 0.276 e. The molecule has 0 unspecified atom stereocenters. The highest BCUT2D eigenvalue weighted by atomic mass is 32.2. The van der Waals surface area contributed by atoms with E-state index in [9.17, 15) is 8.42 Å². The Morgan fingerprint density at radius 2 is 2.00 bits per heavy atom. The number of aromatic nitrogens is 3. The molecule has 2 aliphatic rings. The molecule has 1 aromatic carbocycles. The third-order valence-electron chi connectivity index (χ3n) is 6.32. The quantitative estimate of drug-likeness (QED) is 0.584. The Kier molecular flexibility index (Phi) is 5.58. The molecule has 1 saturated heterocycles. The molecule has 5 rings (SSSR count). The largest absolute Gasteiger partial charge is 0.332 e. The third kappa shape index (κ3) is 4.27. The summed E-state index contributed by atoms with van der Waals surface area (Å²) in [6.45, 7) is 1.13. The Labute approximate surface area is 182 Å². The van der Waals surface area contributed by atoms with Crippen molar-refractivity contribution in [2.24, 2.45) is 5.92 Å². The van der Waals surface area contributed by atoms with Gasteiger partial charge in [0, 0.05) is 25.7 Å². The first-order valence-electron chi connectivity index (χ1n) is 11.0. The highest BCUT2D eigenvalue weighted by Gasteiger charge is 2.31. The average Bonchev–Trinajstić information content (AvgIpc) is 3.47. The molecular weight excluding hydrogens is 412 g/mol. The van der Waals surface area contributed by atoms with Crippen LogP contribution in [-0.2, 0) is 29.3 Å². The van der Waals surface area contributed by atoms with Gasteiger partial charge in [-0.2, -0.15) is 9.29 Å². The minimum absolute atomic E-state index is 0.287. The normalized spacial score (nSPS) is 19.4. The monoisotopic (exact) mass is 438 g/mol. The lowest BCUT2D eigenvalue weighted by molar-refractivity contribution is 0.254. The Bertz CT molecular complexity index is 1160. The number of fused-ring (bicyclic) bond motifs is 1. The van der Waals surface area contributed by atoms with E-state index in [2.05, 4.69) is 15.1 Å². The van der Waals surface area contributed by atoms with Crippen LogP contribution in [0.4, 0.5) is 0 Å². The Hall–Kier alpha value is -2.58.